The summed E-state index contributed by atoms with van der Waals surface area (Å²) in [7, 11) is 0. The van der Waals surface area contributed by atoms with Crippen molar-refractivity contribution in [2.45, 2.75) is 45.4 Å². The summed E-state index contributed by atoms with van der Waals surface area (Å²) in [4.78, 5) is 15.1. The Kier molecular flexibility index (Phi) is 4.78. The molecule has 0 aromatic heterocycles. The van der Waals surface area contributed by atoms with E-state index in [1.54, 1.807) is 0 Å². The first-order valence-electron chi connectivity index (χ1n) is 7.76. The lowest BCUT2D eigenvalue weighted by molar-refractivity contribution is -0.144. The Bertz CT molecular complexity index is 336. The standard InChI is InChI=1S/C15H26N2O.ClH/c1-2-12-6-8-17(10-12)14(18)15-7-4-3-5-13(15)9-16-11-15;/h12-13,16H,2-11H2,1H3;1H/t12?,13-,15+;/m0./s1. The Labute approximate surface area is 122 Å². The fourth-order valence-electron chi connectivity index (χ4n) is 4.33. The molecular formula is C15H27ClN2O. The molecule has 2 saturated heterocycles. The van der Waals surface area contributed by atoms with E-state index >= 15 is 0 Å². The number of halogens is 1. The Hall–Kier alpha value is -0.280. The van der Waals surface area contributed by atoms with Crippen LogP contribution >= 0.6 is 12.4 Å². The van der Waals surface area contributed by atoms with Crippen molar-refractivity contribution >= 4 is 18.3 Å². The number of hydrogen-bond acceptors (Lipinski definition) is 2. The molecule has 3 atom stereocenters. The van der Waals surface area contributed by atoms with E-state index in [1.807, 2.05) is 0 Å². The van der Waals surface area contributed by atoms with Gasteiger partial charge in [0.25, 0.3) is 0 Å². The zero-order valence-corrected chi connectivity index (χ0v) is 12.8. The van der Waals surface area contributed by atoms with Gasteiger partial charge in [-0.1, -0.05) is 26.2 Å². The maximum atomic E-state index is 13.0. The van der Waals surface area contributed by atoms with Crippen LogP contribution in [0.4, 0.5) is 0 Å². The van der Waals surface area contributed by atoms with Crippen molar-refractivity contribution < 1.29 is 4.79 Å². The predicted octanol–water partition coefficient (Wildman–Crippen LogP) is 2.45. The monoisotopic (exact) mass is 286 g/mol. The molecular weight excluding hydrogens is 260 g/mol. The van der Waals surface area contributed by atoms with Gasteiger partial charge in [-0.2, -0.15) is 0 Å². The topological polar surface area (TPSA) is 32.3 Å². The highest BCUT2D eigenvalue weighted by Gasteiger charge is 2.51. The van der Waals surface area contributed by atoms with Crippen LogP contribution in [0.15, 0.2) is 0 Å². The van der Waals surface area contributed by atoms with Crippen LogP contribution in [0, 0.1) is 17.3 Å². The molecule has 1 aliphatic carbocycles. The second-order valence-electron chi connectivity index (χ2n) is 6.54. The minimum Gasteiger partial charge on any atom is -0.342 e. The lowest BCUT2D eigenvalue weighted by Gasteiger charge is -2.39. The Morgan fingerprint density at radius 1 is 1.37 bits per heavy atom. The zero-order chi connectivity index (χ0) is 12.6. The van der Waals surface area contributed by atoms with E-state index in [-0.39, 0.29) is 17.8 Å². The quantitative estimate of drug-likeness (QED) is 0.846. The number of hydrogen-bond donors (Lipinski definition) is 1. The molecule has 3 fully saturated rings. The third-order valence-corrected chi connectivity index (χ3v) is 5.61. The normalized spacial score (nSPS) is 37.8. The van der Waals surface area contributed by atoms with Gasteiger partial charge >= 0.3 is 0 Å². The van der Waals surface area contributed by atoms with Gasteiger partial charge in [0.15, 0.2) is 0 Å². The van der Waals surface area contributed by atoms with E-state index in [1.165, 1.54) is 32.1 Å². The van der Waals surface area contributed by atoms with Gasteiger partial charge in [0.05, 0.1) is 5.41 Å². The number of carbonyl (C=O) groups excluding carboxylic acids is 1. The van der Waals surface area contributed by atoms with E-state index < -0.39 is 0 Å². The van der Waals surface area contributed by atoms with Crippen LogP contribution in [0.1, 0.15) is 45.4 Å². The van der Waals surface area contributed by atoms with Gasteiger partial charge < -0.3 is 10.2 Å². The molecule has 1 amide bonds. The largest absolute Gasteiger partial charge is 0.342 e. The molecule has 1 unspecified atom stereocenters. The highest BCUT2D eigenvalue weighted by molar-refractivity contribution is 5.85. The van der Waals surface area contributed by atoms with Gasteiger partial charge in [-0.05, 0) is 37.6 Å². The highest BCUT2D eigenvalue weighted by Crippen LogP contribution is 2.45. The minimum absolute atomic E-state index is 0. The van der Waals surface area contributed by atoms with E-state index in [4.69, 9.17) is 0 Å². The Morgan fingerprint density at radius 3 is 2.95 bits per heavy atom. The molecule has 1 N–H and O–H groups in total. The van der Waals surface area contributed by atoms with E-state index in [2.05, 4.69) is 17.1 Å². The first-order chi connectivity index (χ1) is 8.76. The molecule has 110 valence electrons. The number of nitrogens with zero attached hydrogens (tertiary/aromatic N) is 1. The summed E-state index contributed by atoms with van der Waals surface area (Å²) in [6, 6.07) is 0. The average molecular weight is 287 g/mol. The van der Waals surface area contributed by atoms with Gasteiger partial charge in [-0.3, -0.25) is 4.79 Å². The summed E-state index contributed by atoms with van der Waals surface area (Å²) in [5.74, 6) is 1.84. The van der Waals surface area contributed by atoms with Gasteiger partial charge in [-0.15, -0.1) is 12.4 Å². The van der Waals surface area contributed by atoms with E-state index in [9.17, 15) is 4.79 Å². The summed E-state index contributed by atoms with van der Waals surface area (Å²) in [6.07, 6.45) is 7.38. The van der Waals surface area contributed by atoms with Gasteiger partial charge in [0, 0.05) is 19.6 Å². The van der Waals surface area contributed by atoms with Crippen molar-refractivity contribution in [3.05, 3.63) is 0 Å². The molecule has 0 aromatic rings. The molecule has 0 spiro atoms. The van der Waals surface area contributed by atoms with Crippen molar-refractivity contribution in [1.29, 1.82) is 0 Å². The fraction of sp³-hybridized carbons (Fsp3) is 0.933. The number of amides is 1. The van der Waals surface area contributed by atoms with Crippen molar-refractivity contribution in [1.82, 2.24) is 10.2 Å². The van der Waals surface area contributed by atoms with Crippen LogP contribution in [0.5, 0.6) is 0 Å². The smallest absolute Gasteiger partial charge is 0.230 e. The van der Waals surface area contributed by atoms with Crippen LogP contribution in [-0.4, -0.2) is 37.0 Å². The van der Waals surface area contributed by atoms with Crippen LogP contribution in [0.25, 0.3) is 0 Å². The van der Waals surface area contributed by atoms with Crippen molar-refractivity contribution in [2.75, 3.05) is 26.2 Å². The Balaban J connectivity index is 0.00000133. The maximum absolute atomic E-state index is 13.0. The van der Waals surface area contributed by atoms with Crippen molar-refractivity contribution in [3.63, 3.8) is 0 Å². The number of nitrogens with one attached hydrogen (secondary N) is 1. The average Bonchev–Trinajstić information content (AvgIpc) is 3.05. The van der Waals surface area contributed by atoms with Gasteiger partial charge in [-0.25, -0.2) is 0 Å². The molecule has 3 rings (SSSR count). The molecule has 0 bridgehead atoms. The summed E-state index contributed by atoms with van der Waals surface area (Å²) in [5, 5.41) is 3.49. The summed E-state index contributed by atoms with van der Waals surface area (Å²) in [6.45, 7) is 6.27. The lowest BCUT2D eigenvalue weighted by Crippen LogP contribution is -2.49. The van der Waals surface area contributed by atoms with Crippen LogP contribution < -0.4 is 5.32 Å². The summed E-state index contributed by atoms with van der Waals surface area (Å²) >= 11 is 0. The molecule has 0 aromatic carbocycles. The first kappa shape index (κ1) is 15.1. The summed E-state index contributed by atoms with van der Waals surface area (Å²) in [5.41, 5.74) is -0.0269. The Morgan fingerprint density at radius 2 is 2.21 bits per heavy atom. The molecule has 3 nitrogen and oxygen atoms in total. The third-order valence-electron chi connectivity index (χ3n) is 5.61. The van der Waals surface area contributed by atoms with E-state index in [0.29, 0.717) is 11.8 Å². The number of carbonyl (C=O) groups is 1. The van der Waals surface area contributed by atoms with Gasteiger partial charge in [0.1, 0.15) is 0 Å². The molecule has 0 radical (unpaired) electrons. The molecule has 19 heavy (non-hydrogen) atoms. The number of fused-ring (bicyclic) bond motifs is 1. The van der Waals surface area contributed by atoms with Crippen LogP contribution in [0.3, 0.4) is 0 Å². The molecule has 2 heterocycles. The summed E-state index contributed by atoms with van der Waals surface area (Å²) < 4.78 is 0. The van der Waals surface area contributed by atoms with Crippen LogP contribution in [0.2, 0.25) is 0 Å². The zero-order valence-electron chi connectivity index (χ0n) is 12.0. The van der Waals surface area contributed by atoms with Crippen molar-refractivity contribution in [3.8, 4) is 0 Å². The minimum atomic E-state index is -0.0269. The molecule has 2 aliphatic heterocycles. The second-order valence-corrected chi connectivity index (χ2v) is 6.54. The lowest BCUT2D eigenvalue weighted by atomic mass is 9.67. The maximum Gasteiger partial charge on any atom is 0.230 e. The van der Waals surface area contributed by atoms with Crippen molar-refractivity contribution in [2.24, 2.45) is 17.3 Å². The van der Waals surface area contributed by atoms with Crippen LogP contribution in [-0.2, 0) is 4.79 Å². The third kappa shape index (κ3) is 2.52. The molecule has 1 saturated carbocycles. The number of likely N-dealkylation sites (tertiary alicyclic amines) is 1. The highest BCUT2D eigenvalue weighted by atomic mass is 35.5. The van der Waals surface area contributed by atoms with Gasteiger partial charge in [0.2, 0.25) is 5.91 Å². The number of rotatable bonds is 2. The molecule has 3 aliphatic rings. The SMILES string of the molecule is CCC1CCN(C(=O)[C@@]23CCCC[C@H]2CNC3)C1.Cl. The predicted molar refractivity (Wildman–Crippen MR) is 79.5 cm³/mol. The fourth-order valence-corrected chi connectivity index (χ4v) is 4.33. The molecule has 4 heteroatoms. The first-order valence-corrected chi connectivity index (χ1v) is 7.76. The second kappa shape index (κ2) is 6.01. The van der Waals surface area contributed by atoms with E-state index in [0.717, 1.165) is 38.5 Å².